The molecule has 0 bridgehead atoms. The molecule has 1 atom stereocenters. The van der Waals surface area contributed by atoms with E-state index in [-0.39, 0.29) is 29.9 Å². The second-order valence-corrected chi connectivity index (χ2v) is 6.13. The highest BCUT2D eigenvalue weighted by Gasteiger charge is 2.17. The highest BCUT2D eigenvalue weighted by Crippen LogP contribution is 2.25. The number of nitrogens with two attached hydrogens (primary N) is 1. The van der Waals surface area contributed by atoms with Crippen molar-refractivity contribution in [3.05, 3.63) is 36.2 Å². The Balaban J connectivity index is 0.00000208. The predicted octanol–water partition coefficient (Wildman–Crippen LogP) is 3.16. The van der Waals surface area contributed by atoms with Gasteiger partial charge in [-0.3, -0.25) is 4.99 Å². The molecule has 1 aromatic heterocycles. The summed E-state index contributed by atoms with van der Waals surface area (Å²) in [6, 6.07) is 9.78. The van der Waals surface area contributed by atoms with Crippen molar-refractivity contribution in [2.45, 2.75) is 32.1 Å². The Morgan fingerprint density at radius 1 is 1.38 bits per heavy atom. The normalized spacial score (nSPS) is 16.1. The molecule has 6 nitrogen and oxygen atoms in total. The first kappa shape index (κ1) is 18.7. The van der Waals surface area contributed by atoms with Gasteiger partial charge in [-0.05, 0) is 18.8 Å². The Hall–Kier alpha value is -1.64. The van der Waals surface area contributed by atoms with Crippen LogP contribution in [0, 0.1) is 5.92 Å². The van der Waals surface area contributed by atoms with Gasteiger partial charge in [-0.25, -0.2) is 0 Å². The van der Waals surface area contributed by atoms with Crippen LogP contribution in [0.4, 0.5) is 0 Å². The molecule has 0 radical (unpaired) electrons. The summed E-state index contributed by atoms with van der Waals surface area (Å²) < 4.78 is 5.35. The number of nitrogens with zero attached hydrogens (tertiary/aromatic N) is 3. The second-order valence-electron chi connectivity index (χ2n) is 6.13. The lowest BCUT2D eigenvalue weighted by atomic mass is 9.85. The first-order valence-corrected chi connectivity index (χ1v) is 8.15. The van der Waals surface area contributed by atoms with Crippen molar-refractivity contribution in [2.24, 2.45) is 16.6 Å². The minimum atomic E-state index is 0. The maximum atomic E-state index is 5.90. The number of guanidine groups is 1. The van der Waals surface area contributed by atoms with E-state index in [2.05, 4.69) is 20.4 Å². The predicted molar refractivity (Wildman–Crippen MR) is 105 cm³/mol. The van der Waals surface area contributed by atoms with Crippen molar-refractivity contribution in [1.29, 1.82) is 0 Å². The number of benzene rings is 1. The van der Waals surface area contributed by atoms with Crippen LogP contribution < -0.4 is 11.1 Å². The molecule has 1 fully saturated rings. The molecule has 1 saturated carbocycles. The van der Waals surface area contributed by atoms with Gasteiger partial charge < -0.3 is 15.6 Å². The van der Waals surface area contributed by atoms with E-state index in [1.54, 1.807) is 0 Å². The highest BCUT2D eigenvalue weighted by molar-refractivity contribution is 14.0. The van der Waals surface area contributed by atoms with Crippen LogP contribution in [0.3, 0.4) is 0 Å². The lowest BCUT2D eigenvalue weighted by Crippen LogP contribution is -2.37. The highest BCUT2D eigenvalue weighted by atomic mass is 127. The molecule has 0 spiro atoms. The van der Waals surface area contributed by atoms with Crippen LogP contribution in [0.5, 0.6) is 0 Å². The molecule has 0 saturated heterocycles. The van der Waals surface area contributed by atoms with Gasteiger partial charge in [0.2, 0.25) is 11.7 Å². The third-order valence-electron chi connectivity index (χ3n) is 4.23. The van der Waals surface area contributed by atoms with Gasteiger partial charge in [-0.1, -0.05) is 48.8 Å². The van der Waals surface area contributed by atoms with Gasteiger partial charge in [0, 0.05) is 12.1 Å². The zero-order chi connectivity index (χ0) is 16.1. The summed E-state index contributed by atoms with van der Waals surface area (Å²) in [5, 5.41) is 7.21. The minimum absolute atomic E-state index is 0. The Bertz CT molecular complexity index is 654. The topological polar surface area (TPSA) is 89.3 Å². The Kier molecular flexibility index (Phi) is 7.01. The van der Waals surface area contributed by atoms with E-state index in [0.717, 1.165) is 18.0 Å². The van der Waals surface area contributed by atoms with Crippen LogP contribution in [0.1, 0.15) is 38.0 Å². The Morgan fingerprint density at radius 2 is 2.12 bits per heavy atom. The molecule has 1 aliphatic carbocycles. The monoisotopic (exact) mass is 441 g/mol. The summed E-state index contributed by atoms with van der Waals surface area (Å²) in [5.74, 6) is 2.47. The van der Waals surface area contributed by atoms with E-state index >= 15 is 0 Å². The van der Waals surface area contributed by atoms with Crippen LogP contribution in [0.2, 0.25) is 0 Å². The van der Waals surface area contributed by atoms with E-state index in [4.69, 9.17) is 10.3 Å². The molecule has 130 valence electrons. The van der Waals surface area contributed by atoms with Crippen molar-refractivity contribution in [3.8, 4) is 11.4 Å². The number of aliphatic imine (C=N–C) groups is 1. The molecule has 7 heteroatoms. The summed E-state index contributed by atoms with van der Waals surface area (Å²) in [6.45, 7) is 3.45. The van der Waals surface area contributed by atoms with Crippen molar-refractivity contribution in [3.63, 3.8) is 0 Å². The third-order valence-corrected chi connectivity index (χ3v) is 4.23. The molecular weight excluding hydrogens is 417 g/mol. The molecule has 1 aromatic carbocycles. The minimum Gasteiger partial charge on any atom is -0.370 e. The van der Waals surface area contributed by atoms with Gasteiger partial charge >= 0.3 is 0 Å². The molecule has 2 aromatic rings. The SMILES string of the molecule is CC(CN=C(N)NCC1CCC1)c1nc(-c2ccccc2)no1.I. The van der Waals surface area contributed by atoms with Gasteiger partial charge in [0.25, 0.3) is 0 Å². The standard InChI is InChI=1S/C17H23N5O.HI/c1-12(10-19-17(18)20-11-13-6-5-7-13)16-21-15(22-23-16)14-8-3-2-4-9-14;/h2-4,8-9,12-13H,5-7,10-11H2,1H3,(H3,18,19,20);1H. The molecule has 1 aliphatic rings. The van der Waals surface area contributed by atoms with E-state index in [1.807, 2.05) is 37.3 Å². The first-order valence-electron chi connectivity index (χ1n) is 8.15. The third kappa shape index (κ3) is 4.93. The Morgan fingerprint density at radius 3 is 2.79 bits per heavy atom. The molecule has 3 rings (SSSR count). The summed E-state index contributed by atoms with van der Waals surface area (Å²) in [5.41, 5.74) is 6.84. The van der Waals surface area contributed by atoms with Crippen LogP contribution in [-0.4, -0.2) is 29.2 Å². The van der Waals surface area contributed by atoms with Gasteiger partial charge in [0.1, 0.15) is 0 Å². The van der Waals surface area contributed by atoms with Gasteiger partial charge in [0.15, 0.2) is 5.96 Å². The van der Waals surface area contributed by atoms with Gasteiger partial charge in [0.05, 0.1) is 12.5 Å². The van der Waals surface area contributed by atoms with E-state index in [0.29, 0.717) is 24.2 Å². The second kappa shape index (κ2) is 9.00. The molecule has 1 heterocycles. The summed E-state index contributed by atoms with van der Waals surface area (Å²) in [4.78, 5) is 8.82. The fraction of sp³-hybridized carbons (Fsp3) is 0.471. The number of hydrogen-bond donors (Lipinski definition) is 2. The largest absolute Gasteiger partial charge is 0.370 e. The molecular formula is C17H24IN5O. The van der Waals surface area contributed by atoms with E-state index in [9.17, 15) is 0 Å². The fourth-order valence-electron chi connectivity index (χ4n) is 2.45. The maximum absolute atomic E-state index is 5.90. The quantitative estimate of drug-likeness (QED) is 0.409. The molecule has 0 aliphatic heterocycles. The van der Waals surface area contributed by atoms with Crippen molar-refractivity contribution >= 4 is 29.9 Å². The fourth-order valence-corrected chi connectivity index (χ4v) is 2.45. The smallest absolute Gasteiger partial charge is 0.231 e. The molecule has 3 N–H and O–H groups in total. The van der Waals surface area contributed by atoms with E-state index < -0.39 is 0 Å². The Labute approximate surface area is 159 Å². The van der Waals surface area contributed by atoms with E-state index in [1.165, 1.54) is 19.3 Å². The number of nitrogens with one attached hydrogen (secondary N) is 1. The summed E-state index contributed by atoms with van der Waals surface area (Å²) >= 11 is 0. The maximum Gasteiger partial charge on any atom is 0.231 e. The summed E-state index contributed by atoms with van der Waals surface area (Å²) in [6.07, 6.45) is 3.92. The van der Waals surface area contributed by atoms with Crippen molar-refractivity contribution < 1.29 is 4.52 Å². The molecule has 1 unspecified atom stereocenters. The van der Waals surface area contributed by atoms with Gasteiger partial charge in [-0.2, -0.15) is 4.98 Å². The first-order chi connectivity index (χ1) is 11.2. The number of halogens is 1. The zero-order valence-corrected chi connectivity index (χ0v) is 16.1. The van der Waals surface area contributed by atoms with Gasteiger partial charge in [-0.15, -0.1) is 24.0 Å². The van der Waals surface area contributed by atoms with Crippen LogP contribution in [-0.2, 0) is 0 Å². The van der Waals surface area contributed by atoms with Crippen molar-refractivity contribution in [1.82, 2.24) is 15.5 Å². The molecule has 0 amide bonds. The van der Waals surface area contributed by atoms with Crippen LogP contribution in [0.15, 0.2) is 39.8 Å². The lowest BCUT2D eigenvalue weighted by molar-refractivity contribution is 0.315. The average Bonchev–Trinajstić information content (AvgIpc) is 3.02. The van der Waals surface area contributed by atoms with Crippen LogP contribution in [0.25, 0.3) is 11.4 Å². The average molecular weight is 441 g/mol. The van der Waals surface area contributed by atoms with Crippen molar-refractivity contribution in [2.75, 3.05) is 13.1 Å². The number of rotatable bonds is 6. The number of aromatic nitrogens is 2. The zero-order valence-electron chi connectivity index (χ0n) is 13.8. The molecule has 24 heavy (non-hydrogen) atoms. The lowest BCUT2D eigenvalue weighted by Gasteiger charge is -2.25. The summed E-state index contributed by atoms with van der Waals surface area (Å²) in [7, 11) is 0. The number of hydrogen-bond acceptors (Lipinski definition) is 4. The van der Waals surface area contributed by atoms with Crippen LogP contribution >= 0.6 is 24.0 Å².